The number of nitrogens with zero attached hydrogens (tertiary/aromatic N) is 2. The maximum absolute atomic E-state index is 11.9. The summed E-state index contributed by atoms with van der Waals surface area (Å²) in [6.07, 6.45) is 3.56. The van der Waals surface area contributed by atoms with Gasteiger partial charge in [0.15, 0.2) is 0 Å². The Labute approximate surface area is 124 Å². The highest BCUT2D eigenvalue weighted by molar-refractivity contribution is 5.58. The van der Waals surface area contributed by atoms with E-state index in [1.165, 1.54) is 0 Å². The van der Waals surface area contributed by atoms with Crippen molar-refractivity contribution in [3.05, 3.63) is 83.4 Å². The molecule has 0 saturated heterocycles. The largest absolute Gasteiger partial charge is 0.284 e. The molecular weight excluding hydrogens is 260 g/mol. The Kier molecular flexibility index (Phi) is 5.04. The third-order valence-corrected chi connectivity index (χ3v) is 2.91. The summed E-state index contributed by atoms with van der Waals surface area (Å²) >= 11 is 0. The molecule has 0 radical (unpaired) electrons. The number of hydrogen-bond acceptors (Lipinski definition) is 2. The second kappa shape index (κ2) is 7.20. The maximum Gasteiger partial charge on any atom is 0.255 e. The lowest BCUT2D eigenvalue weighted by molar-refractivity contribution is 0.991. The summed E-state index contributed by atoms with van der Waals surface area (Å²) in [5.74, 6) is 0. The molecule has 1 aromatic carbocycles. The first-order valence-corrected chi connectivity index (χ1v) is 7.04. The first-order valence-electron chi connectivity index (χ1n) is 7.04. The van der Waals surface area contributed by atoms with Crippen molar-refractivity contribution in [1.29, 1.82) is 0 Å². The van der Waals surface area contributed by atoms with Crippen LogP contribution in [0.5, 0.6) is 0 Å². The van der Waals surface area contributed by atoms with Gasteiger partial charge < -0.3 is 0 Å². The molecule has 3 heteroatoms. The van der Waals surface area contributed by atoms with Crippen LogP contribution in [0.4, 0.5) is 0 Å². The van der Waals surface area contributed by atoms with Gasteiger partial charge in [0, 0.05) is 29.7 Å². The lowest BCUT2D eigenvalue weighted by Crippen LogP contribution is -2.16. The van der Waals surface area contributed by atoms with Gasteiger partial charge in [-0.2, -0.15) is 0 Å². The van der Waals surface area contributed by atoms with Crippen molar-refractivity contribution >= 4 is 0 Å². The highest BCUT2D eigenvalue weighted by Crippen LogP contribution is 2.15. The zero-order valence-electron chi connectivity index (χ0n) is 12.2. The molecular formula is C18H18N2O. The molecule has 0 aliphatic heterocycles. The minimum atomic E-state index is -0.0501. The van der Waals surface area contributed by atoms with Crippen LogP contribution >= 0.6 is 0 Å². The van der Waals surface area contributed by atoms with E-state index in [-0.39, 0.29) is 5.56 Å². The predicted molar refractivity (Wildman–Crippen MR) is 86.6 cm³/mol. The fraction of sp³-hybridized carbons (Fsp3) is 0.111. The highest BCUT2D eigenvalue weighted by Gasteiger charge is 2.03. The summed E-state index contributed by atoms with van der Waals surface area (Å²) in [6, 6.07) is 18.7. The molecule has 0 amide bonds. The fourth-order valence-corrected chi connectivity index (χ4v) is 1.96. The summed E-state index contributed by atoms with van der Waals surface area (Å²) in [6.45, 7) is 4.00. The summed E-state index contributed by atoms with van der Waals surface area (Å²) in [5, 5.41) is 0. The van der Waals surface area contributed by atoms with Gasteiger partial charge in [0.1, 0.15) is 0 Å². The second-order valence-electron chi connectivity index (χ2n) is 4.18. The molecule has 106 valence electrons. The Balaban J connectivity index is 0.000000774. The van der Waals surface area contributed by atoms with Crippen molar-refractivity contribution in [2.75, 3.05) is 0 Å². The SMILES string of the molecule is CC.O=c1ccc(-c2ccccn2)cn1-c1ccccc1. The van der Waals surface area contributed by atoms with Crippen molar-refractivity contribution in [2.45, 2.75) is 13.8 Å². The molecule has 0 aliphatic rings. The van der Waals surface area contributed by atoms with Crippen LogP contribution in [0.25, 0.3) is 16.9 Å². The molecule has 2 heterocycles. The van der Waals surface area contributed by atoms with Crippen LogP contribution in [0.3, 0.4) is 0 Å². The van der Waals surface area contributed by atoms with E-state index in [0.29, 0.717) is 0 Å². The van der Waals surface area contributed by atoms with Crippen LogP contribution in [0.15, 0.2) is 77.9 Å². The molecule has 3 aromatic rings. The molecule has 2 aromatic heterocycles. The number of pyridine rings is 2. The van der Waals surface area contributed by atoms with E-state index in [1.807, 2.05) is 68.6 Å². The molecule has 0 atom stereocenters. The normalized spacial score (nSPS) is 9.62. The Morgan fingerprint density at radius 1 is 0.857 bits per heavy atom. The molecule has 0 N–H and O–H groups in total. The third kappa shape index (κ3) is 3.45. The van der Waals surface area contributed by atoms with E-state index in [2.05, 4.69) is 4.98 Å². The topological polar surface area (TPSA) is 34.9 Å². The average molecular weight is 278 g/mol. The van der Waals surface area contributed by atoms with Crippen molar-refractivity contribution in [2.24, 2.45) is 0 Å². The summed E-state index contributed by atoms with van der Waals surface area (Å²) in [7, 11) is 0. The molecule has 0 fully saturated rings. The van der Waals surface area contributed by atoms with Gasteiger partial charge in [-0.3, -0.25) is 14.3 Å². The van der Waals surface area contributed by atoms with Crippen LogP contribution in [0.2, 0.25) is 0 Å². The highest BCUT2D eigenvalue weighted by atomic mass is 16.1. The van der Waals surface area contributed by atoms with Gasteiger partial charge in [-0.25, -0.2) is 0 Å². The number of benzene rings is 1. The summed E-state index contributed by atoms with van der Waals surface area (Å²) in [5.41, 5.74) is 2.58. The van der Waals surface area contributed by atoms with Gasteiger partial charge in [0.2, 0.25) is 0 Å². The molecule has 3 rings (SSSR count). The molecule has 0 bridgehead atoms. The van der Waals surface area contributed by atoms with Crippen LogP contribution in [-0.4, -0.2) is 9.55 Å². The van der Waals surface area contributed by atoms with E-state index in [1.54, 1.807) is 22.9 Å². The van der Waals surface area contributed by atoms with Crippen LogP contribution < -0.4 is 5.56 Å². The van der Waals surface area contributed by atoms with Gasteiger partial charge in [0.25, 0.3) is 5.56 Å². The Bertz CT molecular complexity index is 734. The lowest BCUT2D eigenvalue weighted by atomic mass is 10.2. The number of para-hydroxylation sites is 1. The average Bonchev–Trinajstić information content (AvgIpc) is 2.59. The molecule has 0 saturated carbocycles. The minimum absolute atomic E-state index is 0.0501. The zero-order valence-corrected chi connectivity index (χ0v) is 12.2. The van der Waals surface area contributed by atoms with Crippen LogP contribution in [0.1, 0.15) is 13.8 Å². The molecule has 21 heavy (non-hydrogen) atoms. The summed E-state index contributed by atoms with van der Waals surface area (Å²) in [4.78, 5) is 16.2. The number of hydrogen-bond donors (Lipinski definition) is 0. The van der Waals surface area contributed by atoms with Gasteiger partial charge >= 0.3 is 0 Å². The van der Waals surface area contributed by atoms with E-state index in [9.17, 15) is 4.79 Å². The van der Waals surface area contributed by atoms with Gasteiger partial charge in [0.05, 0.1) is 5.69 Å². The Hall–Kier alpha value is -2.68. The summed E-state index contributed by atoms with van der Waals surface area (Å²) < 4.78 is 1.63. The smallest absolute Gasteiger partial charge is 0.255 e. The monoisotopic (exact) mass is 278 g/mol. The van der Waals surface area contributed by atoms with Crippen molar-refractivity contribution < 1.29 is 0 Å². The van der Waals surface area contributed by atoms with Crippen LogP contribution in [0, 0.1) is 0 Å². The number of rotatable bonds is 2. The van der Waals surface area contributed by atoms with E-state index >= 15 is 0 Å². The van der Waals surface area contributed by atoms with Crippen molar-refractivity contribution in [3.8, 4) is 16.9 Å². The van der Waals surface area contributed by atoms with Crippen LogP contribution in [-0.2, 0) is 0 Å². The quantitative estimate of drug-likeness (QED) is 0.712. The van der Waals surface area contributed by atoms with E-state index in [0.717, 1.165) is 16.9 Å². The van der Waals surface area contributed by atoms with E-state index in [4.69, 9.17) is 0 Å². The first kappa shape index (κ1) is 14.7. The zero-order chi connectivity index (χ0) is 15.1. The second-order valence-corrected chi connectivity index (χ2v) is 4.18. The van der Waals surface area contributed by atoms with Gasteiger partial charge in [-0.05, 0) is 30.3 Å². The molecule has 0 spiro atoms. The standard InChI is InChI=1S/C16H12N2O.C2H6/c19-16-10-9-13(15-8-4-5-11-17-15)12-18(16)14-6-2-1-3-7-14;1-2/h1-12H;1-2H3. The first-order chi connectivity index (χ1) is 10.3. The number of aromatic nitrogens is 2. The lowest BCUT2D eigenvalue weighted by Gasteiger charge is -2.07. The maximum atomic E-state index is 11.9. The third-order valence-electron chi connectivity index (χ3n) is 2.91. The van der Waals surface area contributed by atoms with Crippen molar-refractivity contribution in [1.82, 2.24) is 9.55 Å². The Morgan fingerprint density at radius 3 is 2.24 bits per heavy atom. The minimum Gasteiger partial charge on any atom is -0.284 e. The molecule has 3 nitrogen and oxygen atoms in total. The predicted octanol–water partition coefficient (Wildman–Crippen LogP) is 3.93. The molecule has 0 aliphatic carbocycles. The van der Waals surface area contributed by atoms with Gasteiger partial charge in [-0.1, -0.05) is 38.1 Å². The fourth-order valence-electron chi connectivity index (χ4n) is 1.96. The Morgan fingerprint density at radius 2 is 1.57 bits per heavy atom. The van der Waals surface area contributed by atoms with Gasteiger partial charge in [-0.15, -0.1) is 0 Å². The van der Waals surface area contributed by atoms with Crippen molar-refractivity contribution in [3.63, 3.8) is 0 Å². The van der Waals surface area contributed by atoms with E-state index < -0.39 is 0 Å². The molecule has 0 unspecified atom stereocenters.